The summed E-state index contributed by atoms with van der Waals surface area (Å²) in [5.74, 6) is 0. The van der Waals surface area contributed by atoms with E-state index in [4.69, 9.17) is 17.3 Å². The molecule has 0 aliphatic carbocycles. The number of aromatic nitrogens is 2. The Morgan fingerprint density at radius 2 is 2.00 bits per heavy atom. The van der Waals surface area contributed by atoms with Crippen molar-refractivity contribution in [2.45, 2.75) is 13.3 Å². The van der Waals surface area contributed by atoms with Gasteiger partial charge in [-0.25, -0.2) is 4.68 Å². The van der Waals surface area contributed by atoms with Gasteiger partial charge in [-0.05, 0) is 30.7 Å². The van der Waals surface area contributed by atoms with Crippen LogP contribution in [0.1, 0.15) is 12.6 Å². The third-order valence-corrected chi connectivity index (χ3v) is 2.56. The van der Waals surface area contributed by atoms with Crippen LogP contribution in [0.2, 0.25) is 5.02 Å². The SMILES string of the molecule is CCc1c(N)cnn1-c1ccc(Cl)cc1. The van der Waals surface area contributed by atoms with Gasteiger partial charge in [-0.15, -0.1) is 0 Å². The Morgan fingerprint density at radius 3 is 2.60 bits per heavy atom. The zero-order valence-corrected chi connectivity index (χ0v) is 9.20. The molecule has 0 unspecified atom stereocenters. The van der Waals surface area contributed by atoms with E-state index in [-0.39, 0.29) is 0 Å². The zero-order chi connectivity index (χ0) is 10.8. The Balaban J connectivity index is 2.49. The van der Waals surface area contributed by atoms with E-state index >= 15 is 0 Å². The molecule has 0 atom stereocenters. The molecule has 15 heavy (non-hydrogen) atoms. The summed E-state index contributed by atoms with van der Waals surface area (Å²) in [5.41, 5.74) is 8.54. The minimum atomic E-state index is 0.719. The lowest BCUT2D eigenvalue weighted by Gasteiger charge is -2.06. The molecular formula is C11H12ClN3. The van der Waals surface area contributed by atoms with Crippen LogP contribution in [-0.4, -0.2) is 9.78 Å². The minimum Gasteiger partial charge on any atom is -0.396 e. The molecule has 2 aromatic rings. The first-order chi connectivity index (χ1) is 7.22. The highest BCUT2D eigenvalue weighted by Gasteiger charge is 2.07. The summed E-state index contributed by atoms with van der Waals surface area (Å²) < 4.78 is 1.84. The molecule has 0 saturated carbocycles. The van der Waals surface area contributed by atoms with Crippen molar-refractivity contribution < 1.29 is 0 Å². The Kier molecular flexibility index (Phi) is 2.64. The fourth-order valence-corrected chi connectivity index (χ4v) is 1.67. The summed E-state index contributed by atoms with van der Waals surface area (Å²) in [6, 6.07) is 7.53. The molecule has 0 saturated heterocycles. The quantitative estimate of drug-likeness (QED) is 0.848. The van der Waals surface area contributed by atoms with E-state index in [0.29, 0.717) is 0 Å². The molecule has 0 fully saturated rings. The van der Waals surface area contributed by atoms with Crippen molar-refractivity contribution in [2.75, 3.05) is 5.73 Å². The number of rotatable bonds is 2. The molecule has 1 aromatic heterocycles. The van der Waals surface area contributed by atoms with Crippen LogP contribution < -0.4 is 5.73 Å². The van der Waals surface area contributed by atoms with Crippen LogP contribution in [0.15, 0.2) is 30.5 Å². The molecule has 2 rings (SSSR count). The van der Waals surface area contributed by atoms with Crippen molar-refractivity contribution >= 4 is 17.3 Å². The largest absolute Gasteiger partial charge is 0.396 e. The molecular weight excluding hydrogens is 210 g/mol. The molecule has 1 heterocycles. The van der Waals surface area contributed by atoms with E-state index in [0.717, 1.165) is 28.5 Å². The lowest BCUT2D eigenvalue weighted by molar-refractivity contribution is 0.815. The fourth-order valence-electron chi connectivity index (χ4n) is 1.55. The number of hydrogen-bond donors (Lipinski definition) is 1. The molecule has 78 valence electrons. The first kappa shape index (κ1) is 10.1. The van der Waals surface area contributed by atoms with Crippen molar-refractivity contribution in [3.63, 3.8) is 0 Å². The van der Waals surface area contributed by atoms with Crippen LogP contribution >= 0.6 is 11.6 Å². The first-order valence-electron chi connectivity index (χ1n) is 4.80. The van der Waals surface area contributed by atoms with Crippen LogP contribution in [-0.2, 0) is 6.42 Å². The summed E-state index contributed by atoms with van der Waals surface area (Å²) in [6.07, 6.45) is 2.53. The molecule has 0 spiro atoms. The van der Waals surface area contributed by atoms with Gasteiger partial charge in [0.1, 0.15) is 0 Å². The molecule has 0 aliphatic rings. The van der Waals surface area contributed by atoms with Gasteiger partial charge in [-0.1, -0.05) is 18.5 Å². The minimum absolute atomic E-state index is 0.719. The van der Waals surface area contributed by atoms with Gasteiger partial charge in [0.05, 0.1) is 23.3 Å². The molecule has 0 radical (unpaired) electrons. The summed E-state index contributed by atoms with van der Waals surface area (Å²) in [6.45, 7) is 2.06. The van der Waals surface area contributed by atoms with Gasteiger partial charge in [0.2, 0.25) is 0 Å². The molecule has 0 aliphatic heterocycles. The average Bonchev–Trinajstić information content (AvgIpc) is 2.61. The third-order valence-electron chi connectivity index (χ3n) is 2.31. The number of nitrogens with zero attached hydrogens (tertiary/aromatic N) is 2. The Labute approximate surface area is 93.5 Å². The summed E-state index contributed by atoms with van der Waals surface area (Å²) in [7, 11) is 0. The number of benzene rings is 1. The number of anilines is 1. The van der Waals surface area contributed by atoms with Crippen molar-refractivity contribution in [3.05, 3.63) is 41.2 Å². The van der Waals surface area contributed by atoms with E-state index in [1.165, 1.54) is 0 Å². The van der Waals surface area contributed by atoms with Gasteiger partial charge in [0.25, 0.3) is 0 Å². The van der Waals surface area contributed by atoms with Crippen LogP contribution in [0, 0.1) is 0 Å². The predicted molar refractivity (Wildman–Crippen MR) is 62.4 cm³/mol. The van der Waals surface area contributed by atoms with E-state index < -0.39 is 0 Å². The average molecular weight is 222 g/mol. The summed E-state index contributed by atoms with van der Waals surface area (Å²) >= 11 is 5.82. The zero-order valence-electron chi connectivity index (χ0n) is 8.44. The Hall–Kier alpha value is -1.48. The van der Waals surface area contributed by atoms with Crippen LogP contribution in [0.3, 0.4) is 0 Å². The van der Waals surface area contributed by atoms with E-state index in [1.807, 2.05) is 28.9 Å². The first-order valence-corrected chi connectivity index (χ1v) is 5.18. The highest BCUT2D eigenvalue weighted by Crippen LogP contribution is 2.18. The smallest absolute Gasteiger partial charge is 0.0737 e. The normalized spacial score (nSPS) is 10.5. The molecule has 4 heteroatoms. The van der Waals surface area contributed by atoms with Crippen molar-refractivity contribution in [3.8, 4) is 5.69 Å². The molecule has 1 aromatic carbocycles. The maximum atomic E-state index is 5.82. The number of halogens is 1. The lowest BCUT2D eigenvalue weighted by atomic mass is 10.2. The molecule has 0 bridgehead atoms. The number of hydrogen-bond acceptors (Lipinski definition) is 2. The Morgan fingerprint density at radius 1 is 1.33 bits per heavy atom. The standard InChI is InChI=1S/C11H12ClN3/c1-2-11-10(13)7-14-15(11)9-5-3-8(12)4-6-9/h3-7H,2,13H2,1H3. The van der Waals surface area contributed by atoms with Gasteiger partial charge in [0.15, 0.2) is 0 Å². The van der Waals surface area contributed by atoms with E-state index in [2.05, 4.69) is 12.0 Å². The summed E-state index contributed by atoms with van der Waals surface area (Å²) in [5, 5.41) is 4.95. The second-order valence-electron chi connectivity index (χ2n) is 3.29. The summed E-state index contributed by atoms with van der Waals surface area (Å²) in [4.78, 5) is 0. The third kappa shape index (κ3) is 1.83. The fraction of sp³-hybridized carbons (Fsp3) is 0.182. The molecule has 0 amide bonds. The van der Waals surface area contributed by atoms with Crippen LogP contribution in [0.4, 0.5) is 5.69 Å². The predicted octanol–water partition coefficient (Wildman–Crippen LogP) is 2.67. The maximum absolute atomic E-state index is 5.82. The van der Waals surface area contributed by atoms with Crippen molar-refractivity contribution in [1.82, 2.24) is 9.78 Å². The monoisotopic (exact) mass is 221 g/mol. The van der Waals surface area contributed by atoms with Gasteiger partial charge in [-0.2, -0.15) is 5.10 Å². The van der Waals surface area contributed by atoms with E-state index in [9.17, 15) is 0 Å². The highest BCUT2D eigenvalue weighted by molar-refractivity contribution is 6.30. The maximum Gasteiger partial charge on any atom is 0.0737 e. The topological polar surface area (TPSA) is 43.8 Å². The number of nitrogen functional groups attached to an aromatic ring is 1. The van der Waals surface area contributed by atoms with Gasteiger partial charge in [-0.3, -0.25) is 0 Å². The van der Waals surface area contributed by atoms with E-state index in [1.54, 1.807) is 6.20 Å². The van der Waals surface area contributed by atoms with Crippen LogP contribution in [0.5, 0.6) is 0 Å². The number of nitrogens with two attached hydrogens (primary N) is 1. The van der Waals surface area contributed by atoms with Gasteiger partial charge < -0.3 is 5.73 Å². The van der Waals surface area contributed by atoms with Crippen LogP contribution in [0.25, 0.3) is 5.69 Å². The van der Waals surface area contributed by atoms with Gasteiger partial charge in [0, 0.05) is 5.02 Å². The van der Waals surface area contributed by atoms with Crippen molar-refractivity contribution in [1.29, 1.82) is 0 Å². The lowest BCUT2D eigenvalue weighted by Crippen LogP contribution is -2.02. The second-order valence-corrected chi connectivity index (χ2v) is 3.72. The second kappa shape index (κ2) is 3.95. The molecule has 2 N–H and O–H groups in total. The van der Waals surface area contributed by atoms with Crippen molar-refractivity contribution in [2.24, 2.45) is 0 Å². The van der Waals surface area contributed by atoms with Gasteiger partial charge >= 0.3 is 0 Å². The highest BCUT2D eigenvalue weighted by atomic mass is 35.5. The Bertz CT molecular complexity index is 459. The molecule has 3 nitrogen and oxygen atoms in total.